The van der Waals surface area contributed by atoms with Crippen LogP contribution in [-0.4, -0.2) is 22.0 Å². The fraction of sp³-hybridized carbons (Fsp3) is 0.231. The summed E-state index contributed by atoms with van der Waals surface area (Å²) in [5.74, 6) is -1.20. The van der Waals surface area contributed by atoms with Crippen molar-refractivity contribution < 1.29 is 19.8 Å². The first-order chi connectivity index (χ1) is 7.91. The van der Waals surface area contributed by atoms with Crippen LogP contribution in [0.15, 0.2) is 18.2 Å². The Balaban J connectivity index is 3.03. The molecule has 0 atom stereocenters. The van der Waals surface area contributed by atoms with Crippen molar-refractivity contribution in [2.75, 3.05) is 0 Å². The number of carbonyl (C=O) groups is 2. The Bertz CT molecular complexity index is 486. The predicted molar refractivity (Wildman–Crippen MR) is 64.1 cm³/mol. The Morgan fingerprint density at radius 3 is 2.53 bits per heavy atom. The molecule has 2 N–H and O–H groups in total. The fourth-order valence-electron chi connectivity index (χ4n) is 1.46. The molecule has 0 fully saturated rings. The van der Waals surface area contributed by atoms with Gasteiger partial charge in [-0.3, -0.25) is 9.59 Å². The number of carboxylic acids is 1. The summed E-state index contributed by atoms with van der Waals surface area (Å²) < 4.78 is 0. The zero-order valence-electron chi connectivity index (χ0n) is 9.73. The largest absolute Gasteiger partial charge is 0.507 e. The van der Waals surface area contributed by atoms with Crippen LogP contribution in [0.3, 0.4) is 0 Å². The van der Waals surface area contributed by atoms with Gasteiger partial charge in [0.25, 0.3) is 0 Å². The van der Waals surface area contributed by atoms with Gasteiger partial charge in [0.1, 0.15) is 5.75 Å². The first kappa shape index (κ1) is 13.0. The number of benzene rings is 1. The number of ketones is 1. The third-order valence-electron chi connectivity index (χ3n) is 2.35. The minimum Gasteiger partial charge on any atom is -0.507 e. The van der Waals surface area contributed by atoms with E-state index < -0.39 is 5.97 Å². The number of rotatable bonds is 4. The maximum Gasteiger partial charge on any atom is 0.307 e. The maximum atomic E-state index is 11.2. The summed E-state index contributed by atoms with van der Waals surface area (Å²) in [7, 11) is 0. The third-order valence-corrected chi connectivity index (χ3v) is 2.35. The lowest BCUT2D eigenvalue weighted by atomic mass is 10.0. The van der Waals surface area contributed by atoms with Crippen LogP contribution >= 0.6 is 0 Å². The SMILES string of the molecule is CC(=O)c1cc(C)c(C=CCC(=O)O)cc1O. The first-order valence-corrected chi connectivity index (χ1v) is 5.14. The first-order valence-electron chi connectivity index (χ1n) is 5.14. The Labute approximate surface area is 99.2 Å². The highest BCUT2D eigenvalue weighted by molar-refractivity contribution is 5.97. The van der Waals surface area contributed by atoms with Crippen LogP contribution in [0.4, 0.5) is 0 Å². The van der Waals surface area contributed by atoms with Gasteiger partial charge in [0.05, 0.1) is 12.0 Å². The number of carbonyl (C=O) groups excluding carboxylic acids is 1. The van der Waals surface area contributed by atoms with E-state index in [1.165, 1.54) is 19.1 Å². The summed E-state index contributed by atoms with van der Waals surface area (Å²) in [6.07, 6.45) is 3.04. The molecule has 0 aliphatic carbocycles. The number of Topliss-reactive ketones (excluding diaryl/α,β-unsaturated/α-hetero) is 1. The number of aliphatic carboxylic acids is 1. The number of phenols is 1. The molecule has 1 aromatic carbocycles. The lowest BCUT2D eigenvalue weighted by molar-refractivity contribution is -0.135. The van der Waals surface area contributed by atoms with Crippen molar-refractivity contribution in [1.29, 1.82) is 0 Å². The van der Waals surface area contributed by atoms with Crippen LogP contribution in [0.1, 0.15) is 34.8 Å². The van der Waals surface area contributed by atoms with Gasteiger partial charge in [0.15, 0.2) is 5.78 Å². The van der Waals surface area contributed by atoms with Crippen molar-refractivity contribution in [3.8, 4) is 5.75 Å². The average molecular weight is 234 g/mol. The van der Waals surface area contributed by atoms with Crippen LogP contribution < -0.4 is 0 Å². The zero-order valence-corrected chi connectivity index (χ0v) is 9.73. The normalized spacial score (nSPS) is 10.7. The molecule has 0 bridgehead atoms. The van der Waals surface area contributed by atoms with Crippen LogP contribution in [-0.2, 0) is 4.79 Å². The molecule has 4 nitrogen and oxygen atoms in total. The van der Waals surface area contributed by atoms with Gasteiger partial charge in [0.2, 0.25) is 0 Å². The summed E-state index contributed by atoms with van der Waals surface area (Å²) >= 11 is 0. The van der Waals surface area contributed by atoms with Gasteiger partial charge in [-0.1, -0.05) is 12.2 Å². The highest BCUT2D eigenvalue weighted by Crippen LogP contribution is 2.23. The van der Waals surface area contributed by atoms with Crippen molar-refractivity contribution >= 4 is 17.8 Å². The van der Waals surface area contributed by atoms with Gasteiger partial charge in [-0.05, 0) is 37.1 Å². The van der Waals surface area contributed by atoms with Crippen molar-refractivity contribution in [2.24, 2.45) is 0 Å². The molecule has 0 amide bonds. The minimum atomic E-state index is -0.913. The topological polar surface area (TPSA) is 74.6 Å². The van der Waals surface area contributed by atoms with Crippen LogP contribution in [0, 0.1) is 6.92 Å². The van der Waals surface area contributed by atoms with Crippen LogP contribution in [0.2, 0.25) is 0 Å². The number of phenolic OH excluding ortho intramolecular Hbond substituents is 1. The summed E-state index contributed by atoms with van der Waals surface area (Å²) in [5.41, 5.74) is 1.79. The standard InChI is InChI=1S/C13H14O4/c1-8-6-11(9(2)14)12(15)7-10(8)4-3-5-13(16)17/h3-4,6-7,15H,5H2,1-2H3,(H,16,17). The summed E-state index contributed by atoms with van der Waals surface area (Å²) in [4.78, 5) is 21.5. The predicted octanol–water partition coefficient (Wildman–Crippen LogP) is 2.39. The molecule has 0 unspecified atom stereocenters. The van der Waals surface area contributed by atoms with Gasteiger partial charge in [-0.2, -0.15) is 0 Å². The summed E-state index contributed by atoms with van der Waals surface area (Å²) in [6, 6.07) is 3.06. The molecule has 0 saturated carbocycles. The van der Waals surface area contributed by atoms with Crippen LogP contribution in [0.5, 0.6) is 5.75 Å². The molecule has 0 heterocycles. The van der Waals surface area contributed by atoms with E-state index >= 15 is 0 Å². The van der Waals surface area contributed by atoms with E-state index in [1.807, 2.05) is 0 Å². The van der Waals surface area contributed by atoms with Gasteiger partial charge >= 0.3 is 5.97 Å². The van der Waals surface area contributed by atoms with Gasteiger partial charge in [0, 0.05) is 0 Å². The van der Waals surface area contributed by atoms with Crippen molar-refractivity contribution in [1.82, 2.24) is 0 Å². The summed E-state index contributed by atoms with van der Waals surface area (Å²) in [6.45, 7) is 3.18. The number of aromatic hydroxyl groups is 1. The lowest BCUT2D eigenvalue weighted by Gasteiger charge is -2.06. The molecule has 0 saturated heterocycles. The van der Waals surface area contributed by atoms with Crippen molar-refractivity contribution in [3.63, 3.8) is 0 Å². The Hall–Kier alpha value is -2.10. The smallest absolute Gasteiger partial charge is 0.307 e. The second-order valence-corrected chi connectivity index (χ2v) is 3.78. The zero-order chi connectivity index (χ0) is 13.0. The molecule has 1 rings (SSSR count). The number of hydrogen-bond donors (Lipinski definition) is 2. The molecular weight excluding hydrogens is 220 g/mol. The van der Waals surface area contributed by atoms with Gasteiger partial charge in [-0.15, -0.1) is 0 Å². The van der Waals surface area contributed by atoms with E-state index in [0.717, 1.165) is 5.56 Å². The quantitative estimate of drug-likeness (QED) is 0.784. The summed E-state index contributed by atoms with van der Waals surface area (Å²) in [5, 5.41) is 18.1. The molecule has 0 radical (unpaired) electrons. The number of aryl methyl sites for hydroxylation is 1. The molecule has 0 aromatic heterocycles. The monoisotopic (exact) mass is 234 g/mol. The number of hydrogen-bond acceptors (Lipinski definition) is 3. The number of carboxylic acid groups (broad SMARTS) is 1. The second kappa shape index (κ2) is 5.30. The Morgan fingerprint density at radius 2 is 2.00 bits per heavy atom. The van der Waals surface area contributed by atoms with Gasteiger partial charge < -0.3 is 10.2 Å². The third kappa shape index (κ3) is 3.45. The second-order valence-electron chi connectivity index (χ2n) is 3.78. The fourth-order valence-corrected chi connectivity index (χ4v) is 1.46. The molecular formula is C13H14O4. The molecule has 0 spiro atoms. The highest BCUT2D eigenvalue weighted by atomic mass is 16.4. The van der Waals surface area contributed by atoms with Gasteiger partial charge in [-0.25, -0.2) is 0 Å². The maximum absolute atomic E-state index is 11.2. The Kier molecular flexibility index (Phi) is 4.04. The van der Waals surface area contributed by atoms with E-state index in [2.05, 4.69) is 0 Å². The lowest BCUT2D eigenvalue weighted by Crippen LogP contribution is -1.95. The van der Waals surface area contributed by atoms with E-state index in [4.69, 9.17) is 5.11 Å². The highest BCUT2D eigenvalue weighted by Gasteiger charge is 2.08. The van der Waals surface area contributed by atoms with E-state index in [-0.39, 0.29) is 23.5 Å². The van der Waals surface area contributed by atoms with E-state index in [1.54, 1.807) is 19.1 Å². The minimum absolute atomic E-state index is 0.0747. The van der Waals surface area contributed by atoms with Crippen molar-refractivity contribution in [2.45, 2.75) is 20.3 Å². The Morgan fingerprint density at radius 1 is 1.35 bits per heavy atom. The molecule has 90 valence electrons. The van der Waals surface area contributed by atoms with Crippen LogP contribution in [0.25, 0.3) is 6.08 Å². The molecule has 1 aromatic rings. The van der Waals surface area contributed by atoms with E-state index in [0.29, 0.717) is 5.56 Å². The molecule has 0 aliphatic rings. The molecule has 4 heteroatoms. The molecule has 17 heavy (non-hydrogen) atoms. The molecule has 0 aliphatic heterocycles. The van der Waals surface area contributed by atoms with E-state index in [9.17, 15) is 14.7 Å². The van der Waals surface area contributed by atoms with Crippen molar-refractivity contribution in [3.05, 3.63) is 34.9 Å². The average Bonchev–Trinajstić information content (AvgIpc) is 2.21.